The summed E-state index contributed by atoms with van der Waals surface area (Å²) in [4.78, 5) is 17.8. The molecule has 0 N–H and O–H groups in total. The van der Waals surface area contributed by atoms with Crippen molar-refractivity contribution in [3.8, 4) is 0 Å². The van der Waals surface area contributed by atoms with E-state index in [-0.39, 0.29) is 5.92 Å². The second-order valence-corrected chi connectivity index (χ2v) is 9.83. The van der Waals surface area contributed by atoms with E-state index in [0.717, 1.165) is 51.0 Å². The lowest BCUT2D eigenvalue weighted by Gasteiger charge is -2.31. The summed E-state index contributed by atoms with van der Waals surface area (Å²) in [5.74, 6) is 3.02. The van der Waals surface area contributed by atoms with Gasteiger partial charge in [0.05, 0.1) is 6.61 Å². The number of ether oxygens (including phenoxy) is 1. The van der Waals surface area contributed by atoms with Crippen LogP contribution < -0.4 is 0 Å². The van der Waals surface area contributed by atoms with Crippen molar-refractivity contribution in [2.45, 2.75) is 44.9 Å². The summed E-state index contributed by atoms with van der Waals surface area (Å²) in [6.07, 6.45) is 13.0. The summed E-state index contributed by atoms with van der Waals surface area (Å²) < 4.78 is 6.15. The van der Waals surface area contributed by atoms with E-state index in [1.807, 2.05) is 0 Å². The summed E-state index contributed by atoms with van der Waals surface area (Å²) in [5.41, 5.74) is 0.292. The molecule has 26 heavy (non-hydrogen) atoms. The molecule has 2 atom stereocenters. The molecule has 0 bridgehead atoms. The van der Waals surface area contributed by atoms with E-state index in [2.05, 4.69) is 22.0 Å². The minimum Gasteiger partial charge on any atom is -0.381 e. The minimum atomic E-state index is 0.221. The van der Waals surface area contributed by atoms with Crippen LogP contribution in [0.5, 0.6) is 0 Å². The van der Waals surface area contributed by atoms with Crippen LogP contribution >= 0.6 is 0 Å². The molecule has 2 saturated carbocycles. The summed E-state index contributed by atoms with van der Waals surface area (Å²) in [7, 11) is 0. The van der Waals surface area contributed by atoms with Gasteiger partial charge in [0.25, 0.3) is 0 Å². The largest absolute Gasteiger partial charge is 0.381 e. The van der Waals surface area contributed by atoms with Crippen LogP contribution in [0.15, 0.2) is 12.2 Å². The fourth-order valence-corrected chi connectivity index (χ4v) is 5.46. The summed E-state index contributed by atoms with van der Waals surface area (Å²) in [6.45, 7) is 7.46. The maximum absolute atomic E-state index is 12.9. The van der Waals surface area contributed by atoms with Crippen molar-refractivity contribution in [1.82, 2.24) is 9.80 Å². The molecule has 0 aromatic heterocycles. The molecule has 4 heteroatoms. The quantitative estimate of drug-likeness (QED) is 0.656. The lowest BCUT2D eigenvalue weighted by atomic mass is 9.77. The standard InChI is InChI=1S/C22H34N2O2/c25-21(19-3-1-2-4-19)24-10-9-22(16-24)15-23(11-17-5-6-17)12-20(22)14-26-13-18-7-8-18/h1-2,17-20H,3-16H2/t20-,22+/m1/s1. The SMILES string of the molecule is O=C(C1CC=CC1)N1CC[C@]2(CN(CC3CC3)C[C@@H]2COCC2CC2)C1. The van der Waals surface area contributed by atoms with E-state index >= 15 is 0 Å². The number of likely N-dealkylation sites (tertiary alicyclic amines) is 2. The van der Waals surface area contributed by atoms with E-state index in [4.69, 9.17) is 4.74 Å². The Hall–Kier alpha value is -0.870. The Labute approximate surface area is 157 Å². The Morgan fingerprint density at radius 3 is 2.54 bits per heavy atom. The minimum absolute atomic E-state index is 0.221. The highest BCUT2D eigenvalue weighted by molar-refractivity contribution is 5.80. The molecule has 5 rings (SSSR count). The van der Waals surface area contributed by atoms with Crippen molar-refractivity contribution in [1.29, 1.82) is 0 Å². The molecule has 1 amide bonds. The van der Waals surface area contributed by atoms with Crippen molar-refractivity contribution in [2.75, 3.05) is 45.9 Å². The molecule has 2 saturated heterocycles. The first-order chi connectivity index (χ1) is 12.7. The van der Waals surface area contributed by atoms with E-state index in [1.165, 1.54) is 51.7 Å². The number of rotatable bonds is 7. The average molecular weight is 359 g/mol. The zero-order valence-electron chi connectivity index (χ0n) is 16.1. The number of carbonyl (C=O) groups is 1. The van der Waals surface area contributed by atoms with Crippen LogP contribution in [0, 0.1) is 29.1 Å². The third kappa shape index (κ3) is 3.60. The van der Waals surface area contributed by atoms with Gasteiger partial charge in [-0.1, -0.05) is 12.2 Å². The second kappa shape index (κ2) is 6.94. The molecule has 2 heterocycles. The fraction of sp³-hybridized carbons (Fsp3) is 0.864. The molecule has 2 aliphatic heterocycles. The monoisotopic (exact) mass is 358 g/mol. The molecule has 0 aromatic rings. The summed E-state index contributed by atoms with van der Waals surface area (Å²) in [6, 6.07) is 0. The third-order valence-corrected chi connectivity index (χ3v) is 7.52. The smallest absolute Gasteiger partial charge is 0.226 e. The number of allylic oxidation sites excluding steroid dienone is 2. The number of nitrogens with zero attached hydrogens (tertiary/aromatic N) is 2. The third-order valence-electron chi connectivity index (χ3n) is 7.52. The second-order valence-electron chi connectivity index (χ2n) is 9.83. The molecule has 1 spiro atoms. The van der Waals surface area contributed by atoms with Gasteiger partial charge in [0, 0.05) is 56.6 Å². The lowest BCUT2D eigenvalue weighted by Crippen LogP contribution is -2.40. The Bertz CT molecular complexity index is 560. The molecule has 0 aromatic carbocycles. The van der Waals surface area contributed by atoms with Gasteiger partial charge in [-0.25, -0.2) is 0 Å². The van der Waals surface area contributed by atoms with E-state index in [0.29, 0.717) is 17.2 Å². The molecule has 4 nitrogen and oxygen atoms in total. The Kier molecular flexibility index (Phi) is 4.60. The Balaban J connectivity index is 1.23. The molecule has 144 valence electrons. The Morgan fingerprint density at radius 1 is 1.04 bits per heavy atom. The fourth-order valence-electron chi connectivity index (χ4n) is 5.46. The van der Waals surface area contributed by atoms with Gasteiger partial charge in [0.1, 0.15) is 0 Å². The number of hydrogen-bond acceptors (Lipinski definition) is 3. The highest BCUT2D eigenvalue weighted by atomic mass is 16.5. The van der Waals surface area contributed by atoms with Crippen LogP contribution in [0.2, 0.25) is 0 Å². The van der Waals surface area contributed by atoms with Gasteiger partial charge < -0.3 is 14.5 Å². The van der Waals surface area contributed by atoms with Gasteiger partial charge in [-0.05, 0) is 56.8 Å². The number of carbonyl (C=O) groups excluding carboxylic acids is 1. The first kappa shape index (κ1) is 17.2. The topological polar surface area (TPSA) is 32.8 Å². The van der Waals surface area contributed by atoms with Gasteiger partial charge in [-0.15, -0.1) is 0 Å². The number of amides is 1. The van der Waals surface area contributed by atoms with Crippen molar-refractivity contribution in [2.24, 2.45) is 29.1 Å². The zero-order valence-corrected chi connectivity index (χ0v) is 16.1. The Morgan fingerprint density at radius 2 is 1.81 bits per heavy atom. The van der Waals surface area contributed by atoms with Crippen molar-refractivity contribution < 1.29 is 9.53 Å². The van der Waals surface area contributed by atoms with Gasteiger partial charge in [0.15, 0.2) is 0 Å². The number of hydrogen-bond donors (Lipinski definition) is 0. The normalized spacial score (nSPS) is 35.2. The van der Waals surface area contributed by atoms with Gasteiger partial charge >= 0.3 is 0 Å². The molecule has 5 aliphatic rings. The summed E-state index contributed by atoms with van der Waals surface area (Å²) in [5, 5.41) is 0. The first-order valence-corrected chi connectivity index (χ1v) is 11.0. The predicted molar refractivity (Wildman–Crippen MR) is 102 cm³/mol. The highest BCUT2D eigenvalue weighted by Gasteiger charge is 2.52. The average Bonchev–Trinajstić information content (AvgIpc) is 3.49. The van der Waals surface area contributed by atoms with E-state index in [1.54, 1.807) is 0 Å². The van der Waals surface area contributed by atoms with E-state index < -0.39 is 0 Å². The van der Waals surface area contributed by atoms with Crippen molar-refractivity contribution in [3.63, 3.8) is 0 Å². The molecule has 4 fully saturated rings. The van der Waals surface area contributed by atoms with Crippen LogP contribution in [0.3, 0.4) is 0 Å². The van der Waals surface area contributed by atoms with Crippen LogP contribution in [0.1, 0.15) is 44.9 Å². The molecule has 0 unspecified atom stereocenters. The van der Waals surface area contributed by atoms with Gasteiger partial charge in [-0.3, -0.25) is 4.79 Å². The first-order valence-electron chi connectivity index (χ1n) is 11.0. The van der Waals surface area contributed by atoms with E-state index in [9.17, 15) is 4.79 Å². The van der Waals surface area contributed by atoms with Crippen LogP contribution in [-0.2, 0) is 9.53 Å². The highest BCUT2D eigenvalue weighted by Crippen LogP contribution is 2.46. The van der Waals surface area contributed by atoms with Gasteiger partial charge in [0.2, 0.25) is 5.91 Å². The van der Waals surface area contributed by atoms with Gasteiger partial charge in [-0.2, -0.15) is 0 Å². The van der Waals surface area contributed by atoms with Crippen molar-refractivity contribution in [3.05, 3.63) is 12.2 Å². The van der Waals surface area contributed by atoms with Crippen LogP contribution in [-0.4, -0.2) is 61.6 Å². The molecule has 0 radical (unpaired) electrons. The van der Waals surface area contributed by atoms with Crippen LogP contribution in [0.4, 0.5) is 0 Å². The lowest BCUT2D eigenvalue weighted by molar-refractivity contribution is -0.134. The molecular formula is C22H34N2O2. The molecular weight excluding hydrogens is 324 g/mol. The zero-order chi connectivity index (χ0) is 17.6. The molecule has 3 aliphatic carbocycles. The van der Waals surface area contributed by atoms with Crippen molar-refractivity contribution >= 4 is 5.91 Å². The maximum Gasteiger partial charge on any atom is 0.226 e. The maximum atomic E-state index is 12.9. The van der Waals surface area contributed by atoms with Crippen LogP contribution in [0.25, 0.3) is 0 Å². The predicted octanol–water partition coefficient (Wildman–Crippen LogP) is 2.94. The summed E-state index contributed by atoms with van der Waals surface area (Å²) >= 11 is 0.